The zero-order valence-electron chi connectivity index (χ0n) is 12.1. The average molecular weight is 345 g/mol. The Kier molecular flexibility index (Phi) is 5.30. The van der Waals surface area contributed by atoms with Crippen LogP contribution in [0, 0.1) is 17.1 Å². The summed E-state index contributed by atoms with van der Waals surface area (Å²) in [7, 11) is 0. The Balaban J connectivity index is 2.25. The number of halogens is 2. The van der Waals surface area contributed by atoms with E-state index in [4.69, 9.17) is 22.0 Å². The maximum Gasteiger partial charge on any atom is 0.335 e. The second kappa shape index (κ2) is 7.40. The number of benzene rings is 2. The summed E-state index contributed by atoms with van der Waals surface area (Å²) in [6.07, 6.45) is 1.05. The van der Waals surface area contributed by atoms with Gasteiger partial charge in [0.15, 0.2) is 0 Å². The van der Waals surface area contributed by atoms with Crippen molar-refractivity contribution in [2.45, 2.75) is 0 Å². The van der Waals surface area contributed by atoms with Crippen molar-refractivity contribution in [1.29, 1.82) is 5.26 Å². The molecule has 7 heteroatoms. The van der Waals surface area contributed by atoms with Crippen molar-refractivity contribution in [2.75, 3.05) is 5.32 Å². The number of nitrogens with one attached hydrogen (secondary N) is 1. The molecular weight excluding hydrogens is 335 g/mol. The van der Waals surface area contributed by atoms with Gasteiger partial charge in [0.1, 0.15) is 17.5 Å². The van der Waals surface area contributed by atoms with Gasteiger partial charge in [0.05, 0.1) is 10.6 Å². The van der Waals surface area contributed by atoms with Crippen LogP contribution in [0.3, 0.4) is 0 Å². The molecule has 0 unspecified atom stereocenters. The molecule has 0 bridgehead atoms. The number of carbonyl (C=O) groups is 2. The van der Waals surface area contributed by atoms with Gasteiger partial charge in [-0.1, -0.05) is 17.7 Å². The molecule has 0 spiro atoms. The van der Waals surface area contributed by atoms with Gasteiger partial charge in [0.2, 0.25) is 0 Å². The molecule has 1 amide bonds. The lowest BCUT2D eigenvalue weighted by Crippen LogP contribution is -2.13. The van der Waals surface area contributed by atoms with Gasteiger partial charge in [-0.15, -0.1) is 0 Å². The van der Waals surface area contributed by atoms with Crippen LogP contribution in [0.1, 0.15) is 15.9 Å². The zero-order chi connectivity index (χ0) is 17.7. The molecule has 0 heterocycles. The topological polar surface area (TPSA) is 90.2 Å². The standard InChI is InChI=1S/C17H10ClFN2O3/c18-14-2-1-3-15(19)13(14)8-11(9-20)16(22)21-12-6-4-10(5-7-12)17(23)24/h1-8H,(H,21,22)(H,23,24)/b11-8+. The molecule has 2 rings (SSSR count). The molecule has 0 aromatic heterocycles. The molecule has 0 fully saturated rings. The van der Waals surface area contributed by atoms with Crippen LogP contribution in [0.15, 0.2) is 48.0 Å². The summed E-state index contributed by atoms with van der Waals surface area (Å²) >= 11 is 5.86. The highest BCUT2D eigenvalue weighted by atomic mass is 35.5. The van der Waals surface area contributed by atoms with E-state index in [0.29, 0.717) is 5.69 Å². The average Bonchev–Trinajstić information content (AvgIpc) is 2.55. The Morgan fingerprint density at radius 2 is 1.88 bits per heavy atom. The summed E-state index contributed by atoms with van der Waals surface area (Å²) in [5, 5.41) is 20.4. The van der Waals surface area contributed by atoms with Crippen molar-refractivity contribution in [2.24, 2.45) is 0 Å². The van der Waals surface area contributed by atoms with Crippen LogP contribution in [0.5, 0.6) is 0 Å². The minimum Gasteiger partial charge on any atom is -0.478 e. The summed E-state index contributed by atoms with van der Waals surface area (Å²) in [6.45, 7) is 0. The Bertz CT molecular complexity index is 850. The Morgan fingerprint density at radius 3 is 2.42 bits per heavy atom. The normalized spacial score (nSPS) is 10.8. The molecule has 0 atom stereocenters. The van der Waals surface area contributed by atoms with Crippen molar-refractivity contribution in [3.05, 3.63) is 70.0 Å². The van der Waals surface area contributed by atoms with Gasteiger partial charge in [-0.25, -0.2) is 9.18 Å². The number of carboxylic acids is 1. The van der Waals surface area contributed by atoms with E-state index in [9.17, 15) is 14.0 Å². The first-order chi connectivity index (χ1) is 11.4. The number of carboxylic acid groups (broad SMARTS) is 1. The van der Waals surface area contributed by atoms with Crippen LogP contribution < -0.4 is 5.32 Å². The first-order valence-electron chi connectivity index (χ1n) is 6.63. The van der Waals surface area contributed by atoms with E-state index in [1.807, 2.05) is 0 Å². The van der Waals surface area contributed by atoms with Crippen LogP contribution in [0.4, 0.5) is 10.1 Å². The largest absolute Gasteiger partial charge is 0.478 e. The van der Waals surface area contributed by atoms with Gasteiger partial charge in [0, 0.05) is 11.3 Å². The molecule has 0 aliphatic heterocycles. The summed E-state index contributed by atoms with van der Waals surface area (Å²) in [5.74, 6) is -2.52. The third-order valence-corrected chi connectivity index (χ3v) is 3.37. The monoisotopic (exact) mass is 344 g/mol. The number of hydrogen-bond acceptors (Lipinski definition) is 3. The molecule has 120 valence electrons. The van der Waals surface area contributed by atoms with Gasteiger partial charge >= 0.3 is 5.97 Å². The molecule has 5 nitrogen and oxygen atoms in total. The molecule has 0 aliphatic rings. The molecular formula is C17H10ClFN2O3. The number of nitrogens with zero attached hydrogens (tertiary/aromatic N) is 1. The molecule has 0 radical (unpaired) electrons. The van der Waals surface area contributed by atoms with E-state index in [1.165, 1.54) is 36.4 Å². The minimum atomic E-state index is -1.10. The van der Waals surface area contributed by atoms with Gasteiger partial charge in [0.25, 0.3) is 5.91 Å². The van der Waals surface area contributed by atoms with Crippen molar-refractivity contribution < 1.29 is 19.1 Å². The lowest BCUT2D eigenvalue weighted by atomic mass is 10.1. The van der Waals surface area contributed by atoms with E-state index in [0.717, 1.165) is 12.1 Å². The highest BCUT2D eigenvalue weighted by Gasteiger charge is 2.13. The summed E-state index contributed by atoms with van der Waals surface area (Å²) in [4.78, 5) is 22.9. The number of anilines is 1. The van der Waals surface area contributed by atoms with Crippen LogP contribution >= 0.6 is 11.6 Å². The first kappa shape index (κ1) is 17.2. The first-order valence-corrected chi connectivity index (χ1v) is 7.00. The fourth-order valence-corrected chi connectivity index (χ4v) is 2.05. The summed E-state index contributed by atoms with van der Waals surface area (Å²) < 4.78 is 13.7. The lowest BCUT2D eigenvalue weighted by Gasteiger charge is -2.05. The highest BCUT2D eigenvalue weighted by molar-refractivity contribution is 6.32. The van der Waals surface area contributed by atoms with Gasteiger partial charge in [-0.05, 0) is 42.5 Å². The van der Waals surface area contributed by atoms with Crippen LogP contribution in [0.25, 0.3) is 6.08 Å². The predicted molar refractivity (Wildman–Crippen MR) is 87.0 cm³/mol. The maximum atomic E-state index is 13.7. The van der Waals surface area contributed by atoms with Gasteiger partial charge in [-0.2, -0.15) is 5.26 Å². The fourth-order valence-electron chi connectivity index (χ4n) is 1.84. The van der Waals surface area contributed by atoms with Crippen LogP contribution in [0.2, 0.25) is 5.02 Å². The molecule has 0 saturated heterocycles. The SMILES string of the molecule is N#C/C(=C\c1c(F)cccc1Cl)C(=O)Nc1ccc(C(=O)O)cc1. The van der Waals surface area contributed by atoms with Gasteiger partial charge in [-0.3, -0.25) is 4.79 Å². The van der Waals surface area contributed by atoms with Crippen molar-refractivity contribution in [3.63, 3.8) is 0 Å². The van der Waals surface area contributed by atoms with Gasteiger partial charge < -0.3 is 10.4 Å². The minimum absolute atomic E-state index is 0.0576. The van der Waals surface area contributed by atoms with E-state index in [2.05, 4.69) is 5.32 Å². The second-order valence-electron chi connectivity index (χ2n) is 4.64. The molecule has 0 saturated carbocycles. The van der Waals surface area contributed by atoms with Crippen molar-refractivity contribution in [3.8, 4) is 6.07 Å². The Hall–Kier alpha value is -3.17. The number of aromatic carboxylic acids is 1. The number of carbonyl (C=O) groups excluding carboxylic acids is 1. The number of rotatable bonds is 4. The third kappa shape index (κ3) is 3.97. The molecule has 24 heavy (non-hydrogen) atoms. The number of amides is 1. The van der Waals surface area contributed by atoms with E-state index in [1.54, 1.807) is 6.07 Å². The third-order valence-electron chi connectivity index (χ3n) is 3.04. The number of hydrogen-bond donors (Lipinski definition) is 2. The Labute approximate surface area is 141 Å². The lowest BCUT2D eigenvalue weighted by molar-refractivity contribution is -0.112. The van der Waals surface area contributed by atoms with E-state index in [-0.39, 0.29) is 21.7 Å². The van der Waals surface area contributed by atoms with E-state index >= 15 is 0 Å². The van der Waals surface area contributed by atoms with Crippen LogP contribution in [-0.2, 0) is 4.79 Å². The zero-order valence-corrected chi connectivity index (χ0v) is 12.8. The number of nitriles is 1. The smallest absolute Gasteiger partial charge is 0.335 e. The Morgan fingerprint density at radius 1 is 1.21 bits per heavy atom. The quantitative estimate of drug-likeness (QED) is 0.653. The van der Waals surface area contributed by atoms with Crippen molar-refractivity contribution >= 4 is 35.2 Å². The highest BCUT2D eigenvalue weighted by Crippen LogP contribution is 2.22. The summed E-state index contributed by atoms with van der Waals surface area (Å²) in [6, 6.07) is 11.1. The molecule has 2 aromatic rings. The molecule has 0 aliphatic carbocycles. The fraction of sp³-hybridized carbons (Fsp3) is 0. The predicted octanol–water partition coefficient (Wildman–Crippen LogP) is 3.72. The molecule has 2 aromatic carbocycles. The van der Waals surface area contributed by atoms with Crippen LogP contribution in [-0.4, -0.2) is 17.0 Å². The summed E-state index contributed by atoms with van der Waals surface area (Å²) in [5.41, 5.74) is -0.0515. The van der Waals surface area contributed by atoms with E-state index < -0.39 is 17.7 Å². The molecule has 2 N–H and O–H groups in total. The second-order valence-corrected chi connectivity index (χ2v) is 5.05. The van der Waals surface area contributed by atoms with Crippen molar-refractivity contribution in [1.82, 2.24) is 0 Å². The maximum absolute atomic E-state index is 13.7.